The molecule has 1 aromatic rings. The summed E-state index contributed by atoms with van der Waals surface area (Å²) in [6.07, 6.45) is 3.79. The molecule has 1 atom stereocenters. The minimum absolute atomic E-state index is 0.325. The van der Waals surface area contributed by atoms with E-state index < -0.39 is 5.97 Å². The molecular formula is C11H14N2O2. The Morgan fingerprint density at radius 1 is 1.60 bits per heavy atom. The van der Waals surface area contributed by atoms with E-state index in [1.165, 1.54) is 6.07 Å². The topological polar surface area (TPSA) is 62.2 Å². The molecule has 0 amide bonds. The van der Waals surface area contributed by atoms with Crippen molar-refractivity contribution in [1.82, 2.24) is 10.3 Å². The quantitative estimate of drug-likeness (QED) is 0.764. The predicted molar refractivity (Wildman–Crippen MR) is 56.0 cm³/mol. The third kappa shape index (κ3) is 2.33. The van der Waals surface area contributed by atoms with Crippen molar-refractivity contribution in [2.45, 2.75) is 18.8 Å². The summed E-state index contributed by atoms with van der Waals surface area (Å²) >= 11 is 0. The van der Waals surface area contributed by atoms with Gasteiger partial charge in [0.1, 0.15) is 0 Å². The highest BCUT2D eigenvalue weighted by Gasteiger charge is 2.17. The largest absolute Gasteiger partial charge is 0.478 e. The zero-order chi connectivity index (χ0) is 10.7. The maximum atomic E-state index is 10.8. The van der Waals surface area contributed by atoms with Crippen LogP contribution in [0.2, 0.25) is 0 Å². The van der Waals surface area contributed by atoms with E-state index in [1.807, 2.05) is 0 Å². The molecule has 2 heterocycles. The number of hydrogen-bond acceptors (Lipinski definition) is 3. The Kier molecular flexibility index (Phi) is 2.97. The van der Waals surface area contributed by atoms with Crippen LogP contribution in [0.25, 0.3) is 0 Å². The number of nitrogens with one attached hydrogen (secondary N) is 1. The molecule has 0 saturated carbocycles. The average molecular weight is 206 g/mol. The van der Waals surface area contributed by atoms with Crippen LogP contribution >= 0.6 is 0 Å². The molecule has 2 rings (SSSR count). The van der Waals surface area contributed by atoms with Gasteiger partial charge in [-0.05, 0) is 31.5 Å². The fourth-order valence-corrected chi connectivity index (χ4v) is 1.91. The van der Waals surface area contributed by atoms with Crippen molar-refractivity contribution in [3.8, 4) is 0 Å². The molecule has 1 aliphatic heterocycles. The van der Waals surface area contributed by atoms with E-state index in [9.17, 15) is 4.79 Å². The highest BCUT2D eigenvalue weighted by atomic mass is 16.4. The normalized spacial score (nSPS) is 21.2. The molecule has 1 aliphatic rings. The molecule has 1 aromatic heterocycles. The number of hydrogen-bond donors (Lipinski definition) is 2. The lowest BCUT2D eigenvalue weighted by atomic mass is 9.95. The van der Waals surface area contributed by atoms with Crippen LogP contribution in [0.1, 0.15) is 34.8 Å². The monoisotopic (exact) mass is 206 g/mol. The van der Waals surface area contributed by atoms with Crippen LogP contribution < -0.4 is 5.32 Å². The number of carboxylic acids is 1. The summed E-state index contributed by atoms with van der Waals surface area (Å²) < 4.78 is 0. The van der Waals surface area contributed by atoms with Gasteiger partial charge in [0.15, 0.2) is 0 Å². The molecule has 1 saturated heterocycles. The number of carbonyl (C=O) groups is 1. The summed E-state index contributed by atoms with van der Waals surface area (Å²) in [6, 6.07) is 3.21. The van der Waals surface area contributed by atoms with Crippen LogP contribution in [0.15, 0.2) is 18.3 Å². The van der Waals surface area contributed by atoms with E-state index in [0.717, 1.165) is 31.6 Å². The van der Waals surface area contributed by atoms with Crippen molar-refractivity contribution in [3.63, 3.8) is 0 Å². The van der Waals surface area contributed by atoms with Crippen molar-refractivity contribution in [1.29, 1.82) is 0 Å². The summed E-state index contributed by atoms with van der Waals surface area (Å²) in [5, 5.41) is 12.2. The first-order chi connectivity index (χ1) is 7.27. The van der Waals surface area contributed by atoms with Crippen molar-refractivity contribution >= 4 is 5.97 Å². The maximum absolute atomic E-state index is 10.8. The minimum atomic E-state index is -0.887. The smallest absolute Gasteiger partial charge is 0.335 e. The van der Waals surface area contributed by atoms with Gasteiger partial charge in [-0.3, -0.25) is 4.98 Å². The molecular weight excluding hydrogens is 192 g/mol. The highest BCUT2D eigenvalue weighted by Crippen LogP contribution is 2.21. The van der Waals surface area contributed by atoms with E-state index in [-0.39, 0.29) is 0 Å². The van der Waals surface area contributed by atoms with Gasteiger partial charge < -0.3 is 10.4 Å². The summed E-state index contributed by atoms with van der Waals surface area (Å²) in [5.41, 5.74) is 1.22. The van der Waals surface area contributed by atoms with Crippen LogP contribution in [-0.2, 0) is 0 Å². The Morgan fingerprint density at radius 3 is 3.13 bits per heavy atom. The highest BCUT2D eigenvalue weighted by molar-refractivity contribution is 5.87. The van der Waals surface area contributed by atoms with E-state index in [2.05, 4.69) is 10.3 Å². The molecule has 4 nitrogen and oxygen atoms in total. The molecule has 15 heavy (non-hydrogen) atoms. The van der Waals surface area contributed by atoms with Crippen LogP contribution in [-0.4, -0.2) is 29.1 Å². The van der Waals surface area contributed by atoms with E-state index in [4.69, 9.17) is 5.11 Å². The van der Waals surface area contributed by atoms with Crippen molar-refractivity contribution < 1.29 is 9.90 Å². The molecule has 1 unspecified atom stereocenters. The van der Waals surface area contributed by atoms with Crippen molar-refractivity contribution in [3.05, 3.63) is 29.6 Å². The maximum Gasteiger partial charge on any atom is 0.335 e. The Morgan fingerprint density at radius 2 is 2.47 bits per heavy atom. The number of aromatic nitrogens is 1. The van der Waals surface area contributed by atoms with E-state index >= 15 is 0 Å². The van der Waals surface area contributed by atoms with Gasteiger partial charge in [0, 0.05) is 24.4 Å². The molecule has 0 aliphatic carbocycles. The van der Waals surface area contributed by atoms with E-state index in [0.29, 0.717) is 11.5 Å². The molecule has 0 bridgehead atoms. The Bertz CT molecular complexity index is 359. The third-order valence-electron chi connectivity index (χ3n) is 2.74. The number of aromatic carboxylic acids is 1. The summed E-state index contributed by atoms with van der Waals surface area (Å²) in [4.78, 5) is 15.0. The van der Waals surface area contributed by atoms with Crippen molar-refractivity contribution in [2.24, 2.45) is 0 Å². The summed E-state index contributed by atoms with van der Waals surface area (Å²) in [6.45, 7) is 1.95. The van der Waals surface area contributed by atoms with Gasteiger partial charge in [0.05, 0.1) is 5.56 Å². The first kappa shape index (κ1) is 10.1. The number of nitrogens with zero attached hydrogens (tertiary/aromatic N) is 1. The van der Waals surface area contributed by atoms with Crippen LogP contribution in [0.5, 0.6) is 0 Å². The van der Waals surface area contributed by atoms with Gasteiger partial charge in [-0.1, -0.05) is 0 Å². The molecule has 0 radical (unpaired) electrons. The third-order valence-corrected chi connectivity index (χ3v) is 2.74. The number of rotatable bonds is 2. The first-order valence-corrected chi connectivity index (χ1v) is 5.17. The Hall–Kier alpha value is -1.42. The minimum Gasteiger partial charge on any atom is -0.478 e. The van der Waals surface area contributed by atoms with Gasteiger partial charge in [-0.25, -0.2) is 4.79 Å². The van der Waals surface area contributed by atoms with Gasteiger partial charge >= 0.3 is 5.97 Å². The van der Waals surface area contributed by atoms with E-state index in [1.54, 1.807) is 12.3 Å². The van der Waals surface area contributed by atoms with Gasteiger partial charge in [0.2, 0.25) is 0 Å². The lowest BCUT2D eigenvalue weighted by Crippen LogP contribution is -2.28. The molecule has 0 spiro atoms. The Balaban J connectivity index is 2.19. The predicted octanol–water partition coefficient (Wildman–Crippen LogP) is 1.25. The zero-order valence-corrected chi connectivity index (χ0v) is 8.44. The second-order valence-electron chi connectivity index (χ2n) is 3.82. The van der Waals surface area contributed by atoms with Crippen molar-refractivity contribution in [2.75, 3.05) is 13.1 Å². The number of piperidine rings is 1. The SMILES string of the molecule is O=C(O)c1ccnc(C2CCCNC2)c1. The average Bonchev–Trinajstić information content (AvgIpc) is 2.30. The number of carboxylic acid groups (broad SMARTS) is 1. The standard InChI is InChI=1S/C11H14N2O2/c14-11(15)8-3-5-13-10(6-8)9-2-1-4-12-7-9/h3,5-6,9,12H,1-2,4,7H2,(H,14,15). The van der Waals surface area contributed by atoms with Gasteiger partial charge in [-0.15, -0.1) is 0 Å². The molecule has 2 N–H and O–H groups in total. The second-order valence-corrected chi connectivity index (χ2v) is 3.82. The van der Waals surface area contributed by atoms with Gasteiger partial charge in [-0.2, -0.15) is 0 Å². The summed E-state index contributed by atoms with van der Waals surface area (Å²) in [5.74, 6) is -0.527. The fourth-order valence-electron chi connectivity index (χ4n) is 1.91. The molecule has 1 fully saturated rings. The zero-order valence-electron chi connectivity index (χ0n) is 8.44. The number of pyridine rings is 1. The molecule has 0 aromatic carbocycles. The fraction of sp³-hybridized carbons (Fsp3) is 0.455. The summed E-state index contributed by atoms with van der Waals surface area (Å²) in [7, 11) is 0. The lowest BCUT2D eigenvalue weighted by Gasteiger charge is -2.22. The van der Waals surface area contributed by atoms with Crippen LogP contribution in [0, 0.1) is 0 Å². The molecule has 4 heteroatoms. The van der Waals surface area contributed by atoms with Gasteiger partial charge in [0.25, 0.3) is 0 Å². The second kappa shape index (κ2) is 4.40. The molecule has 80 valence electrons. The Labute approximate surface area is 88.3 Å². The van der Waals surface area contributed by atoms with Crippen LogP contribution in [0.3, 0.4) is 0 Å². The van der Waals surface area contributed by atoms with Crippen LogP contribution in [0.4, 0.5) is 0 Å². The lowest BCUT2D eigenvalue weighted by molar-refractivity contribution is 0.0696. The first-order valence-electron chi connectivity index (χ1n) is 5.17.